The van der Waals surface area contributed by atoms with Crippen LogP contribution in [0, 0.1) is 13.8 Å². The number of benzene rings is 2. The van der Waals surface area contributed by atoms with Gasteiger partial charge < -0.3 is 8.94 Å². The summed E-state index contributed by atoms with van der Waals surface area (Å²) in [7, 11) is 0. The zero-order valence-corrected chi connectivity index (χ0v) is 15.3. The molecule has 5 rings (SSSR count). The van der Waals surface area contributed by atoms with Crippen molar-refractivity contribution in [2.45, 2.75) is 19.9 Å². The number of amides is 1. The van der Waals surface area contributed by atoms with E-state index in [-0.39, 0.29) is 11.2 Å². The Kier molecular flexibility index (Phi) is 3.49. The molecule has 0 unspecified atom stereocenters. The quantitative estimate of drug-likeness (QED) is 0.528. The zero-order valence-electron chi connectivity index (χ0n) is 15.3. The molecule has 0 radical (unpaired) electrons. The van der Waals surface area contributed by atoms with Crippen molar-refractivity contribution in [1.82, 2.24) is 5.16 Å². The molecular weight excluding hydrogens is 356 g/mol. The summed E-state index contributed by atoms with van der Waals surface area (Å²) in [6.07, 6.45) is 0. The SMILES string of the molecule is Cc1ccc([C@@H]2c3c(oc4ccccc4c3=O)C(=O)N2c2cc(C)on2)cc1. The van der Waals surface area contributed by atoms with Gasteiger partial charge in [-0.3, -0.25) is 14.5 Å². The Labute approximate surface area is 160 Å². The number of carbonyl (C=O) groups excluding carboxylic acids is 1. The predicted octanol–water partition coefficient (Wildman–Crippen LogP) is 4.15. The molecule has 0 saturated carbocycles. The van der Waals surface area contributed by atoms with E-state index in [0.717, 1.165) is 11.1 Å². The second-order valence-electron chi connectivity index (χ2n) is 6.95. The first kappa shape index (κ1) is 16.5. The largest absolute Gasteiger partial charge is 0.450 e. The van der Waals surface area contributed by atoms with Gasteiger partial charge in [-0.25, -0.2) is 0 Å². The fourth-order valence-electron chi connectivity index (χ4n) is 3.69. The van der Waals surface area contributed by atoms with Crippen LogP contribution in [0.25, 0.3) is 11.0 Å². The smallest absolute Gasteiger partial charge is 0.296 e. The number of fused-ring (bicyclic) bond motifs is 2. The standard InChI is InChI=1S/C22H16N2O4/c1-12-7-9-14(10-8-12)19-18-20(25)15-5-3-4-6-16(15)27-21(18)22(26)24(19)17-11-13(2)28-23-17/h3-11,19H,1-2H3/t19-/m1/s1. The fraction of sp³-hybridized carbons (Fsp3) is 0.136. The van der Waals surface area contributed by atoms with E-state index in [1.165, 1.54) is 4.90 Å². The van der Waals surface area contributed by atoms with Gasteiger partial charge >= 0.3 is 0 Å². The lowest BCUT2D eigenvalue weighted by molar-refractivity contribution is 0.0969. The van der Waals surface area contributed by atoms with Crippen LogP contribution in [0.3, 0.4) is 0 Å². The van der Waals surface area contributed by atoms with Crippen LogP contribution in [-0.4, -0.2) is 11.1 Å². The van der Waals surface area contributed by atoms with E-state index in [1.807, 2.05) is 31.2 Å². The van der Waals surface area contributed by atoms with Gasteiger partial charge in [0.25, 0.3) is 5.91 Å². The maximum absolute atomic E-state index is 13.3. The van der Waals surface area contributed by atoms with Gasteiger partial charge in [0.15, 0.2) is 11.2 Å². The molecule has 0 N–H and O–H groups in total. The van der Waals surface area contributed by atoms with Crippen LogP contribution in [-0.2, 0) is 0 Å². The summed E-state index contributed by atoms with van der Waals surface area (Å²) in [5.74, 6) is 0.570. The predicted molar refractivity (Wildman–Crippen MR) is 104 cm³/mol. The number of hydrogen-bond acceptors (Lipinski definition) is 5. The molecule has 2 aromatic heterocycles. The van der Waals surface area contributed by atoms with Crippen LogP contribution in [0.1, 0.15) is 39.0 Å². The zero-order chi connectivity index (χ0) is 19.4. The van der Waals surface area contributed by atoms with Crippen molar-refractivity contribution < 1.29 is 13.7 Å². The van der Waals surface area contributed by atoms with Crippen molar-refractivity contribution in [3.05, 3.63) is 93.0 Å². The van der Waals surface area contributed by atoms with Crippen LogP contribution in [0.15, 0.2) is 68.3 Å². The third-order valence-electron chi connectivity index (χ3n) is 5.03. The summed E-state index contributed by atoms with van der Waals surface area (Å²) in [5.41, 5.74) is 2.40. The Morgan fingerprint density at radius 3 is 2.46 bits per heavy atom. The van der Waals surface area contributed by atoms with Crippen LogP contribution >= 0.6 is 0 Å². The summed E-state index contributed by atoms with van der Waals surface area (Å²) in [5, 5.41) is 4.46. The van der Waals surface area contributed by atoms with E-state index in [9.17, 15) is 9.59 Å². The number of rotatable bonds is 2. The van der Waals surface area contributed by atoms with E-state index in [0.29, 0.717) is 28.1 Å². The number of carbonyl (C=O) groups is 1. The van der Waals surface area contributed by atoms with Gasteiger partial charge in [0.05, 0.1) is 17.0 Å². The first-order valence-electron chi connectivity index (χ1n) is 8.94. The minimum absolute atomic E-state index is 0.0509. The van der Waals surface area contributed by atoms with Gasteiger partial charge in [-0.1, -0.05) is 47.1 Å². The summed E-state index contributed by atoms with van der Waals surface area (Å²) in [4.78, 5) is 28.0. The number of nitrogens with zero attached hydrogens (tertiary/aromatic N) is 2. The number of para-hydroxylation sites is 1. The van der Waals surface area contributed by atoms with Gasteiger partial charge in [-0.15, -0.1) is 0 Å². The Balaban J connectivity index is 1.82. The lowest BCUT2D eigenvalue weighted by atomic mass is 9.98. The second-order valence-corrected chi connectivity index (χ2v) is 6.95. The summed E-state index contributed by atoms with van der Waals surface area (Å²) in [6, 6.07) is 15.7. The minimum atomic E-state index is -0.631. The molecule has 2 aromatic carbocycles. The van der Waals surface area contributed by atoms with E-state index >= 15 is 0 Å². The Morgan fingerprint density at radius 2 is 1.75 bits per heavy atom. The molecule has 1 atom stereocenters. The average molecular weight is 372 g/mol. The number of aryl methyl sites for hydroxylation is 2. The van der Waals surface area contributed by atoms with Crippen LogP contribution < -0.4 is 10.3 Å². The Hall–Kier alpha value is -3.67. The van der Waals surface area contributed by atoms with E-state index < -0.39 is 11.9 Å². The number of aromatic nitrogens is 1. The molecule has 0 spiro atoms. The maximum Gasteiger partial charge on any atom is 0.296 e. The fourth-order valence-corrected chi connectivity index (χ4v) is 3.69. The van der Waals surface area contributed by atoms with Gasteiger partial charge in [-0.05, 0) is 31.5 Å². The minimum Gasteiger partial charge on any atom is -0.450 e. The Bertz CT molecular complexity index is 1280. The van der Waals surface area contributed by atoms with Crippen molar-refractivity contribution in [3.8, 4) is 0 Å². The lowest BCUT2D eigenvalue weighted by Gasteiger charge is -2.22. The van der Waals surface area contributed by atoms with Gasteiger partial charge in [0, 0.05) is 6.07 Å². The molecule has 0 fully saturated rings. The van der Waals surface area contributed by atoms with E-state index in [4.69, 9.17) is 8.94 Å². The maximum atomic E-state index is 13.3. The second kappa shape index (κ2) is 5.92. The molecule has 6 nitrogen and oxygen atoms in total. The number of hydrogen-bond donors (Lipinski definition) is 0. The third kappa shape index (κ3) is 2.31. The molecule has 4 aromatic rings. The molecule has 138 valence electrons. The highest BCUT2D eigenvalue weighted by Gasteiger charge is 2.44. The Morgan fingerprint density at radius 1 is 1.00 bits per heavy atom. The highest BCUT2D eigenvalue weighted by molar-refractivity contribution is 6.10. The molecule has 1 amide bonds. The summed E-state index contributed by atoms with van der Waals surface area (Å²) < 4.78 is 11.1. The van der Waals surface area contributed by atoms with Crippen molar-refractivity contribution in [3.63, 3.8) is 0 Å². The highest BCUT2D eigenvalue weighted by atomic mass is 16.5. The summed E-state index contributed by atoms with van der Waals surface area (Å²) in [6.45, 7) is 3.74. The molecule has 28 heavy (non-hydrogen) atoms. The van der Waals surface area contributed by atoms with Crippen LogP contribution in [0.2, 0.25) is 0 Å². The van der Waals surface area contributed by atoms with E-state index in [1.54, 1.807) is 37.3 Å². The summed E-state index contributed by atoms with van der Waals surface area (Å²) >= 11 is 0. The van der Waals surface area contributed by atoms with Crippen LogP contribution in [0.5, 0.6) is 0 Å². The topological polar surface area (TPSA) is 76.6 Å². The normalized spacial score (nSPS) is 16.0. The molecule has 0 bridgehead atoms. The molecule has 6 heteroatoms. The molecular formula is C22H16N2O4. The van der Waals surface area contributed by atoms with Gasteiger partial charge in [0.1, 0.15) is 11.3 Å². The van der Waals surface area contributed by atoms with Crippen LogP contribution in [0.4, 0.5) is 5.82 Å². The average Bonchev–Trinajstić information content (AvgIpc) is 3.24. The first-order valence-corrected chi connectivity index (χ1v) is 8.94. The highest BCUT2D eigenvalue weighted by Crippen LogP contribution is 2.40. The van der Waals surface area contributed by atoms with Crippen molar-refractivity contribution in [2.24, 2.45) is 0 Å². The first-order chi connectivity index (χ1) is 13.5. The van der Waals surface area contributed by atoms with Crippen molar-refractivity contribution in [2.75, 3.05) is 4.90 Å². The monoisotopic (exact) mass is 372 g/mol. The van der Waals surface area contributed by atoms with Crippen molar-refractivity contribution >= 4 is 22.7 Å². The van der Waals surface area contributed by atoms with Crippen molar-refractivity contribution in [1.29, 1.82) is 0 Å². The molecule has 0 aliphatic carbocycles. The number of anilines is 1. The van der Waals surface area contributed by atoms with Gasteiger partial charge in [-0.2, -0.15) is 0 Å². The van der Waals surface area contributed by atoms with Gasteiger partial charge in [0.2, 0.25) is 5.76 Å². The lowest BCUT2D eigenvalue weighted by Crippen LogP contribution is -2.29. The molecule has 1 aliphatic rings. The third-order valence-corrected chi connectivity index (χ3v) is 5.03. The van der Waals surface area contributed by atoms with E-state index in [2.05, 4.69) is 5.16 Å². The molecule has 3 heterocycles. The molecule has 0 saturated heterocycles. The molecule has 1 aliphatic heterocycles.